The predicted octanol–water partition coefficient (Wildman–Crippen LogP) is 5.58. The molecule has 3 aromatic carbocycles. The zero-order chi connectivity index (χ0) is 26.0. The van der Waals surface area contributed by atoms with Crippen molar-refractivity contribution in [2.24, 2.45) is 0 Å². The average Bonchev–Trinajstić information content (AvgIpc) is 3.22. The number of anilines is 3. The van der Waals surface area contributed by atoms with Gasteiger partial charge in [0.15, 0.2) is 0 Å². The van der Waals surface area contributed by atoms with Gasteiger partial charge in [-0.05, 0) is 68.7 Å². The Bertz CT molecular complexity index is 1310. The van der Waals surface area contributed by atoms with Gasteiger partial charge in [0.2, 0.25) is 11.8 Å². The number of hydrogen-bond donors (Lipinski definition) is 2. The minimum Gasteiger partial charge on any atom is -0.379 e. The average molecular weight is 497 g/mol. The molecule has 1 fully saturated rings. The number of hydrogen-bond acceptors (Lipinski definition) is 4. The van der Waals surface area contributed by atoms with E-state index in [1.807, 2.05) is 67.6 Å². The van der Waals surface area contributed by atoms with E-state index < -0.39 is 5.66 Å². The Balaban J connectivity index is 1.16. The van der Waals surface area contributed by atoms with Gasteiger partial charge in [-0.25, -0.2) is 0 Å². The van der Waals surface area contributed by atoms with Gasteiger partial charge in [-0.1, -0.05) is 42.5 Å². The molecule has 0 radical (unpaired) electrons. The van der Waals surface area contributed by atoms with Gasteiger partial charge in [0.05, 0.1) is 11.3 Å². The lowest BCUT2D eigenvalue weighted by atomic mass is 9.98. The van der Waals surface area contributed by atoms with Crippen LogP contribution in [0.2, 0.25) is 0 Å². The third-order valence-corrected chi connectivity index (χ3v) is 7.38. The number of nitrogens with zero attached hydrogens (tertiary/aromatic N) is 2. The molecule has 2 N–H and O–H groups in total. The fourth-order valence-corrected chi connectivity index (χ4v) is 5.39. The molecule has 7 heteroatoms. The molecule has 0 saturated carbocycles. The summed E-state index contributed by atoms with van der Waals surface area (Å²) in [4.78, 5) is 42.2. The van der Waals surface area contributed by atoms with Crippen LogP contribution in [0.15, 0.2) is 78.9 Å². The molecule has 2 unspecified atom stereocenters. The van der Waals surface area contributed by atoms with Gasteiger partial charge in [0.25, 0.3) is 5.91 Å². The molecule has 0 aliphatic carbocycles. The molecule has 7 nitrogen and oxygen atoms in total. The van der Waals surface area contributed by atoms with Crippen molar-refractivity contribution in [2.75, 3.05) is 22.1 Å². The number of benzene rings is 3. The van der Waals surface area contributed by atoms with Crippen molar-refractivity contribution in [1.82, 2.24) is 4.90 Å². The maximum absolute atomic E-state index is 13.3. The van der Waals surface area contributed by atoms with Crippen LogP contribution in [0.1, 0.15) is 61.5 Å². The topological polar surface area (TPSA) is 81.8 Å². The molecule has 0 aromatic heterocycles. The predicted molar refractivity (Wildman–Crippen MR) is 145 cm³/mol. The summed E-state index contributed by atoms with van der Waals surface area (Å²) in [5.74, 6) is -0.161. The van der Waals surface area contributed by atoms with Gasteiger partial charge >= 0.3 is 0 Å². The van der Waals surface area contributed by atoms with E-state index >= 15 is 0 Å². The Morgan fingerprint density at radius 3 is 2.38 bits per heavy atom. The van der Waals surface area contributed by atoms with Crippen LogP contribution in [-0.4, -0.2) is 34.8 Å². The molecular formula is C30H32N4O3. The van der Waals surface area contributed by atoms with Crippen molar-refractivity contribution in [3.05, 3.63) is 90.0 Å². The fraction of sp³-hybridized carbons (Fsp3) is 0.300. The minimum atomic E-state index is -0.696. The largest absolute Gasteiger partial charge is 0.379 e. The Hall–Kier alpha value is -4.13. The number of fused-ring (bicyclic) bond motifs is 3. The smallest absolute Gasteiger partial charge is 0.257 e. The van der Waals surface area contributed by atoms with Gasteiger partial charge in [0, 0.05) is 36.8 Å². The number of nitrogens with one attached hydrogen (secondary N) is 2. The maximum Gasteiger partial charge on any atom is 0.257 e. The SMILES string of the molecule is CC(Nc1ccc(NC(=O)CCCN2C(=O)c3ccccc3N3C(=O)CCC23C)cc1)c1ccccc1. The summed E-state index contributed by atoms with van der Waals surface area (Å²) in [5.41, 5.74) is 3.43. The summed E-state index contributed by atoms with van der Waals surface area (Å²) in [6.07, 6.45) is 1.78. The van der Waals surface area contributed by atoms with Gasteiger partial charge < -0.3 is 15.5 Å². The number of carbonyl (C=O) groups is 3. The summed E-state index contributed by atoms with van der Waals surface area (Å²) >= 11 is 0. The Labute approximate surface area is 217 Å². The quantitative estimate of drug-likeness (QED) is 0.427. The van der Waals surface area contributed by atoms with Crippen LogP contribution in [0, 0.1) is 0 Å². The van der Waals surface area contributed by atoms with Crippen LogP contribution < -0.4 is 15.5 Å². The van der Waals surface area contributed by atoms with E-state index in [1.54, 1.807) is 15.9 Å². The van der Waals surface area contributed by atoms with E-state index in [2.05, 4.69) is 29.7 Å². The molecule has 3 amide bonds. The zero-order valence-electron chi connectivity index (χ0n) is 21.2. The van der Waals surface area contributed by atoms with E-state index in [1.165, 1.54) is 5.56 Å². The van der Waals surface area contributed by atoms with Crippen LogP contribution in [0.25, 0.3) is 0 Å². The summed E-state index contributed by atoms with van der Waals surface area (Å²) in [6, 6.07) is 25.3. The number of para-hydroxylation sites is 1. The molecule has 2 atom stereocenters. The Morgan fingerprint density at radius 2 is 1.62 bits per heavy atom. The first kappa shape index (κ1) is 24.6. The lowest BCUT2D eigenvalue weighted by Gasteiger charge is -2.48. The molecule has 1 saturated heterocycles. The van der Waals surface area contributed by atoms with Crippen molar-refractivity contribution in [2.45, 2.75) is 51.2 Å². The second kappa shape index (κ2) is 10.1. The van der Waals surface area contributed by atoms with Crippen LogP contribution in [0.5, 0.6) is 0 Å². The molecule has 2 aliphatic heterocycles. The van der Waals surface area contributed by atoms with Crippen molar-refractivity contribution in [3.63, 3.8) is 0 Å². The monoisotopic (exact) mass is 496 g/mol. The van der Waals surface area contributed by atoms with E-state index in [-0.39, 0.29) is 30.2 Å². The number of amides is 3. The maximum atomic E-state index is 13.3. The first-order valence-corrected chi connectivity index (χ1v) is 12.8. The molecule has 190 valence electrons. The molecule has 2 aliphatic rings. The van der Waals surface area contributed by atoms with Gasteiger partial charge in [-0.15, -0.1) is 0 Å². The van der Waals surface area contributed by atoms with Crippen LogP contribution in [0.3, 0.4) is 0 Å². The molecule has 3 aromatic rings. The van der Waals surface area contributed by atoms with Crippen molar-refractivity contribution >= 4 is 34.8 Å². The second-order valence-corrected chi connectivity index (χ2v) is 9.93. The summed E-state index contributed by atoms with van der Waals surface area (Å²) in [5, 5.41) is 6.41. The Morgan fingerprint density at radius 1 is 0.946 bits per heavy atom. The van der Waals surface area contributed by atoms with Crippen molar-refractivity contribution in [3.8, 4) is 0 Å². The molecule has 2 heterocycles. The highest BCUT2D eigenvalue weighted by Crippen LogP contribution is 2.44. The van der Waals surface area contributed by atoms with Crippen LogP contribution in [-0.2, 0) is 9.59 Å². The third-order valence-electron chi connectivity index (χ3n) is 7.38. The zero-order valence-corrected chi connectivity index (χ0v) is 21.2. The van der Waals surface area contributed by atoms with Crippen molar-refractivity contribution in [1.29, 1.82) is 0 Å². The summed E-state index contributed by atoms with van der Waals surface area (Å²) < 4.78 is 0. The third kappa shape index (κ3) is 4.81. The normalized spacial score (nSPS) is 19.3. The van der Waals surface area contributed by atoms with E-state index in [4.69, 9.17) is 0 Å². The first-order chi connectivity index (χ1) is 17.9. The van der Waals surface area contributed by atoms with E-state index in [9.17, 15) is 14.4 Å². The highest BCUT2D eigenvalue weighted by Gasteiger charge is 2.52. The van der Waals surface area contributed by atoms with Crippen molar-refractivity contribution < 1.29 is 14.4 Å². The van der Waals surface area contributed by atoms with Crippen LogP contribution >= 0.6 is 0 Å². The van der Waals surface area contributed by atoms with E-state index in [0.29, 0.717) is 37.1 Å². The highest BCUT2D eigenvalue weighted by atomic mass is 16.2. The lowest BCUT2D eigenvalue weighted by Crippen LogP contribution is -2.62. The Kier molecular flexibility index (Phi) is 6.70. The lowest BCUT2D eigenvalue weighted by molar-refractivity contribution is -0.118. The minimum absolute atomic E-state index is 0.0290. The summed E-state index contributed by atoms with van der Waals surface area (Å²) in [7, 11) is 0. The van der Waals surface area contributed by atoms with Gasteiger partial charge in [0.1, 0.15) is 5.66 Å². The van der Waals surface area contributed by atoms with Gasteiger partial charge in [-0.3, -0.25) is 19.3 Å². The van der Waals surface area contributed by atoms with Gasteiger partial charge in [-0.2, -0.15) is 0 Å². The first-order valence-electron chi connectivity index (χ1n) is 12.8. The number of carbonyl (C=O) groups excluding carboxylic acids is 3. The van der Waals surface area contributed by atoms with Crippen LogP contribution in [0.4, 0.5) is 17.1 Å². The summed E-state index contributed by atoms with van der Waals surface area (Å²) in [6.45, 7) is 4.46. The molecule has 0 spiro atoms. The second-order valence-electron chi connectivity index (χ2n) is 9.93. The fourth-order valence-electron chi connectivity index (χ4n) is 5.39. The molecule has 5 rings (SSSR count). The standard InChI is InChI=1S/C30H32N4O3/c1-21(22-9-4-3-5-10-22)31-23-14-16-24(17-15-23)32-27(35)13-8-20-33-29(37)25-11-6-7-12-26(25)34-28(36)18-19-30(33,34)2/h3-7,9-12,14-17,21,31H,8,13,18-20H2,1-2H3,(H,32,35). The highest BCUT2D eigenvalue weighted by molar-refractivity contribution is 6.10. The molecule has 0 bridgehead atoms. The molecule has 37 heavy (non-hydrogen) atoms. The van der Waals surface area contributed by atoms with E-state index in [0.717, 1.165) is 11.4 Å². The molecular weight excluding hydrogens is 464 g/mol. The number of rotatable bonds is 8.